The standard InChI is InChI=1S/C12H16ClNO2/c1-3-11(14-12(15)16-4-2)9-5-7-10(13)8-6-9/h5-8,11H,3-4H2,1-2H3,(H,14,15). The van der Waals surface area contributed by atoms with Crippen LogP contribution in [0.1, 0.15) is 31.9 Å². The molecule has 1 unspecified atom stereocenters. The number of carbonyl (C=O) groups excluding carboxylic acids is 1. The number of halogens is 1. The highest BCUT2D eigenvalue weighted by Crippen LogP contribution is 2.19. The molecule has 88 valence electrons. The summed E-state index contributed by atoms with van der Waals surface area (Å²) in [4.78, 5) is 11.3. The molecule has 1 amide bonds. The molecule has 0 aliphatic rings. The second-order valence-electron chi connectivity index (χ2n) is 3.38. The van der Waals surface area contributed by atoms with Crippen molar-refractivity contribution in [2.24, 2.45) is 0 Å². The number of alkyl carbamates (subject to hydrolysis) is 1. The fraction of sp³-hybridized carbons (Fsp3) is 0.417. The van der Waals surface area contributed by atoms with Crippen LogP contribution >= 0.6 is 11.6 Å². The van der Waals surface area contributed by atoms with Gasteiger partial charge >= 0.3 is 6.09 Å². The van der Waals surface area contributed by atoms with Crippen molar-refractivity contribution in [2.75, 3.05) is 6.61 Å². The maximum atomic E-state index is 11.3. The number of nitrogens with one attached hydrogen (secondary N) is 1. The third kappa shape index (κ3) is 3.74. The van der Waals surface area contributed by atoms with Gasteiger partial charge in [0.15, 0.2) is 0 Å². The van der Waals surface area contributed by atoms with Crippen LogP contribution in [0, 0.1) is 0 Å². The van der Waals surface area contributed by atoms with E-state index in [1.54, 1.807) is 6.92 Å². The Morgan fingerprint density at radius 3 is 2.50 bits per heavy atom. The average Bonchev–Trinajstić information content (AvgIpc) is 2.27. The summed E-state index contributed by atoms with van der Waals surface area (Å²) < 4.78 is 4.84. The van der Waals surface area contributed by atoms with Crippen molar-refractivity contribution in [3.63, 3.8) is 0 Å². The van der Waals surface area contributed by atoms with E-state index < -0.39 is 0 Å². The van der Waals surface area contributed by atoms with Gasteiger partial charge in [-0.3, -0.25) is 0 Å². The second kappa shape index (κ2) is 6.38. The molecule has 0 heterocycles. The minimum atomic E-state index is -0.385. The Bertz CT molecular complexity index is 337. The van der Waals surface area contributed by atoms with Gasteiger partial charge in [0.25, 0.3) is 0 Å². The number of rotatable bonds is 4. The predicted octanol–water partition coefficient (Wildman–Crippen LogP) is 3.54. The summed E-state index contributed by atoms with van der Waals surface area (Å²) in [6.07, 6.45) is 0.421. The zero-order chi connectivity index (χ0) is 12.0. The zero-order valence-electron chi connectivity index (χ0n) is 9.50. The van der Waals surface area contributed by atoms with E-state index in [2.05, 4.69) is 5.32 Å². The largest absolute Gasteiger partial charge is 0.450 e. The predicted molar refractivity (Wildman–Crippen MR) is 64.6 cm³/mol. The normalized spacial score (nSPS) is 11.9. The van der Waals surface area contributed by atoms with Gasteiger partial charge in [-0.2, -0.15) is 0 Å². The van der Waals surface area contributed by atoms with Gasteiger partial charge in [0.05, 0.1) is 12.6 Å². The van der Waals surface area contributed by atoms with Crippen LogP contribution in [0.2, 0.25) is 5.02 Å². The number of benzene rings is 1. The third-order valence-corrected chi connectivity index (χ3v) is 2.50. The summed E-state index contributed by atoms with van der Waals surface area (Å²) in [6.45, 7) is 4.16. The smallest absolute Gasteiger partial charge is 0.407 e. The molecule has 0 saturated carbocycles. The molecule has 0 saturated heterocycles. The van der Waals surface area contributed by atoms with Crippen LogP contribution in [0.15, 0.2) is 24.3 Å². The first-order valence-corrected chi connectivity index (χ1v) is 5.74. The van der Waals surface area contributed by atoms with Crippen molar-refractivity contribution >= 4 is 17.7 Å². The van der Waals surface area contributed by atoms with Crippen molar-refractivity contribution < 1.29 is 9.53 Å². The van der Waals surface area contributed by atoms with Crippen molar-refractivity contribution in [2.45, 2.75) is 26.3 Å². The van der Waals surface area contributed by atoms with Gasteiger partial charge in [0.2, 0.25) is 0 Å². The molecule has 1 aromatic rings. The molecule has 4 heteroatoms. The third-order valence-electron chi connectivity index (χ3n) is 2.25. The van der Waals surface area contributed by atoms with Crippen molar-refractivity contribution in [3.05, 3.63) is 34.9 Å². The van der Waals surface area contributed by atoms with Gasteiger partial charge in [0, 0.05) is 5.02 Å². The first-order chi connectivity index (χ1) is 7.67. The molecule has 1 aromatic carbocycles. The van der Waals surface area contributed by atoms with E-state index in [1.807, 2.05) is 31.2 Å². The fourth-order valence-corrected chi connectivity index (χ4v) is 1.56. The molecular formula is C12H16ClNO2. The minimum absolute atomic E-state index is 0.0312. The molecule has 1 atom stereocenters. The van der Waals surface area contributed by atoms with Crippen LogP contribution in [-0.4, -0.2) is 12.7 Å². The van der Waals surface area contributed by atoms with E-state index in [4.69, 9.17) is 16.3 Å². The lowest BCUT2D eigenvalue weighted by molar-refractivity contribution is 0.147. The number of amides is 1. The molecule has 0 aliphatic carbocycles. The quantitative estimate of drug-likeness (QED) is 0.876. The Kier molecular flexibility index (Phi) is 5.12. The SMILES string of the molecule is CCOC(=O)NC(CC)c1ccc(Cl)cc1. The lowest BCUT2D eigenvalue weighted by Crippen LogP contribution is -2.28. The summed E-state index contributed by atoms with van der Waals surface area (Å²) in [6, 6.07) is 7.40. The monoisotopic (exact) mass is 241 g/mol. The number of hydrogen-bond donors (Lipinski definition) is 1. The summed E-state index contributed by atoms with van der Waals surface area (Å²) in [5.41, 5.74) is 1.03. The van der Waals surface area contributed by atoms with E-state index in [0.29, 0.717) is 11.6 Å². The molecule has 0 spiro atoms. The molecule has 0 bridgehead atoms. The maximum absolute atomic E-state index is 11.3. The Morgan fingerprint density at radius 2 is 2.00 bits per heavy atom. The van der Waals surface area contributed by atoms with Crippen molar-refractivity contribution in [1.29, 1.82) is 0 Å². The molecule has 0 aromatic heterocycles. The van der Waals surface area contributed by atoms with Gasteiger partial charge in [-0.1, -0.05) is 30.7 Å². The molecule has 0 fully saturated rings. The molecule has 16 heavy (non-hydrogen) atoms. The first kappa shape index (κ1) is 12.8. The number of hydrogen-bond acceptors (Lipinski definition) is 2. The van der Waals surface area contributed by atoms with E-state index in [0.717, 1.165) is 12.0 Å². The van der Waals surface area contributed by atoms with Crippen LogP contribution in [0.5, 0.6) is 0 Å². The van der Waals surface area contributed by atoms with E-state index in [-0.39, 0.29) is 12.1 Å². The Labute approximate surface area is 101 Å². The van der Waals surface area contributed by atoms with Crippen molar-refractivity contribution in [1.82, 2.24) is 5.32 Å². The fourth-order valence-electron chi connectivity index (χ4n) is 1.43. The van der Waals surface area contributed by atoms with Crippen LogP contribution in [0.25, 0.3) is 0 Å². The first-order valence-electron chi connectivity index (χ1n) is 5.36. The Hall–Kier alpha value is -1.22. The van der Waals surface area contributed by atoms with Crippen molar-refractivity contribution in [3.8, 4) is 0 Å². The van der Waals surface area contributed by atoms with E-state index >= 15 is 0 Å². The lowest BCUT2D eigenvalue weighted by atomic mass is 10.1. The summed E-state index contributed by atoms with van der Waals surface area (Å²) in [5, 5.41) is 3.49. The lowest BCUT2D eigenvalue weighted by Gasteiger charge is -2.16. The number of carbonyl (C=O) groups is 1. The summed E-state index contributed by atoms with van der Waals surface area (Å²) in [7, 11) is 0. The second-order valence-corrected chi connectivity index (χ2v) is 3.81. The van der Waals surface area contributed by atoms with Gasteiger partial charge in [0.1, 0.15) is 0 Å². The van der Waals surface area contributed by atoms with Crippen LogP contribution in [0.3, 0.4) is 0 Å². The zero-order valence-corrected chi connectivity index (χ0v) is 10.3. The Balaban J connectivity index is 2.67. The summed E-state index contributed by atoms with van der Waals surface area (Å²) in [5.74, 6) is 0. The van der Waals surface area contributed by atoms with Gasteiger partial charge in [-0.15, -0.1) is 0 Å². The molecular weight excluding hydrogens is 226 g/mol. The Morgan fingerprint density at radius 1 is 1.38 bits per heavy atom. The van der Waals surface area contributed by atoms with Crippen LogP contribution in [-0.2, 0) is 4.74 Å². The highest BCUT2D eigenvalue weighted by molar-refractivity contribution is 6.30. The highest BCUT2D eigenvalue weighted by Gasteiger charge is 2.12. The molecule has 0 radical (unpaired) electrons. The van der Waals surface area contributed by atoms with Crippen LogP contribution in [0.4, 0.5) is 4.79 Å². The van der Waals surface area contributed by atoms with Gasteiger partial charge < -0.3 is 10.1 Å². The van der Waals surface area contributed by atoms with Gasteiger partial charge in [-0.05, 0) is 31.0 Å². The van der Waals surface area contributed by atoms with E-state index in [9.17, 15) is 4.79 Å². The molecule has 1 rings (SSSR count). The summed E-state index contributed by atoms with van der Waals surface area (Å²) >= 11 is 5.80. The minimum Gasteiger partial charge on any atom is -0.450 e. The highest BCUT2D eigenvalue weighted by atomic mass is 35.5. The molecule has 3 nitrogen and oxygen atoms in total. The molecule has 1 N–H and O–H groups in total. The average molecular weight is 242 g/mol. The number of ether oxygens (including phenoxy) is 1. The maximum Gasteiger partial charge on any atom is 0.407 e. The van der Waals surface area contributed by atoms with Gasteiger partial charge in [-0.25, -0.2) is 4.79 Å². The van der Waals surface area contributed by atoms with Crippen LogP contribution < -0.4 is 5.32 Å². The topological polar surface area (TPSA) is 38.3 Å². The molecule has 0 aliphatic heterocycles. The van der Waals surface area contributed by atoms with E-state index in [1.165, 1.54) is 0 Å².